The summed E-state index contributed by atoms with van der Waals surface area (Å²) in [5.74, 6) is 2.20. The molecule has 3 aromatic heterocycles. The van der Waals surface area contributed by atoms with Crippen molar-refractivity contribution in [1.29, 1.82) is 0 Å². The summed E-state index contributed by atoms with van der Waals surface area (Å²) in [4.78, 5) is 34.2. The van der Waals surface area contributed by atoms with Gasteiger partial charge in [0, 0.05) is 49.5 Å². The van der Waals surface area contributed by atoms with Crippen molar-refractivity contribution in [2.45, 2.75) is 25.9 Å². The van der Waals surface area contributed by atoms with E-state index in [0.717, 1.165) is 59.8 Å². The van der Waals surface area contributed by atoms with Gasteiger partial charge in [0.25, 0.3) is 0 Å². The van der Waals surface area contributed by atoms with Crippen molar-refractivity contribution < 1.29 is 9.53 Å². The highest BCUT2D eigenvalue weighted by atomic mass is 16.5. The molecule has 0 atom stereocenters. The molecular formula is C27H29N7O2. The van der Waals surface area contributed by atoms with Gasteiger partial charge in [0.15, 0.2) is 5.78 Å². The van der Waals surface area contributed by atoms with E-state index < -0.39 is 5.60 Å². The Hall–Kier alpha value is -3.98. The maximum absolute atomic E-state index is 12.5. The quantitative estimate of drug-likeness (QED) is 0.444. The fourth-order valence-electron chi connectivity index (χ4n) is 4.84. The van der Waals surface area contributed by atoms with Gasteiger partial charge in [0.1, 0.15) is 22.8 Å². The first-order valence-electron chi connectivity index (χ1n) is 12.2. The van der Waals surface area contributed by atoms with E-state index in [1.807, 2.05) is 56.6 Å². The molecule has 5 heterocycles. The number of carbonyl (C=O) groups is 1. The normalized spacial score (nSPS) is 17.6. The van der Waals surface area contributed by atoms with Crippen LogP contribution in [0, 0.1) is 0 Å². The molecule has 6 rings (SSSR count). The van der Waals surface area contributed by atoms with Crippen LogP contribution in [0.2, 0.25) is 0 Å². The summed E-state index contributed by atoms with van der Waals surface area (Å²) in [6, 6.07) is 9.75. The molecule has 184 valence electrons. The largest absolute Gasteiger partial charge is 0.487 e. The average Bonchev–Trinajstić information content (AvgIpc) is 3.27. The van der Waals surface area contributed by atoms with Crippen LogP contribution in [0.3, 0.4) is 0 Å². The number of nitrogens with one attached hydrogen (secondary N) is 2. The predicted molar refractivity (Wildman–Crippen MR) is 140 cm³/mol. The topological polar surface area (TPSA) is 99.3 Å². The Kier molecular flexibility index (Phi) is 5.37. The Bertz CT molecular complexity index is 1440. The van der Waals surface area contributed by atoms with Crippen LogP contribution in [0.1, 0.15) is 30.6 Å². The van der Waals surface area contributed by atoms with Crippen molar-refractivity contribution in [3.63, 3.8) is 0 Å². The number of benzene rings is 1. The number of hydrogen-bond acceptors (Lipinski definition) is 8. The number of carbonyl (C=O) groups excluding carboxylic acids is 1. The summed E-state index contributed by atoms with van der Waals surface area (Å²) in [6.45, 7) is 7.92. The summed E-state index contributed by atoms with van der Waals surface area (Å²) in [7, 11) is 2.14. The Balaban J connectivity index is 1.21. The standard InChI is InChI=1S/C27H29N7O2/c1-27(2)13-22(35)19-6-4-17(12-23(19)36-27)20-15-29-25-21(20)16-30-26(32-25)31-18-5-7-24(28-14-18)34-10-8-33(3)9-11-34/h4-7,12,14-16H,8-11,13H2,1-3H3,(H2,29,30,31,32). The van der Waals surface area contributed by atoms with Gasteiger partial charge in [-0.1, -0.05) is 6.07 Å². The number of hydrogen-bond donors (Lipinski definition) is 2. The lowest BCUT2D eigenvalue weighted by Crippen LogP contribution is -2.44. The third-order valence-electron chi connectivity index (χ3n) is 6.83. The summed E-state index contributed by atoms with van der Waals surface area (Å²) in [6.07, 6.45) is 5.91. The number of aromatic amines is 1. The third-order valence-corrected chi connectivity index (χ3v) is 6.83. The highest BCUT2D eigenvalue weighted by molar-refractivity contribution is 6.02. The number of aromatic nitrogens is 4. The van der Waals surface area contributed by atoms with Crippen molar-refractivity contribution in [2.24, 2.45) is 0 Å². The van der Waals surface area contributed by atoms with Gasteiger partial charge in [-0.2, -0.15) is 4.98 Å². The van der Waals surface area contributed by atoms with Gasteiger partial charge >= 0.3 is 0 Å². The molecule has 0 radical (unpaired) electrons. The molecule has 2 aliphatic heterocycles. The number of likely N-dealkylation sites (N-methyl/N-ethyl adjacent to an activating group) is 1. The molecule has 1 saturated heterocycles. The molecule has 1 fully saturated rings. The van der Waals surface area contributed by atoms with Gasteiger partial charge in [0.2, 0.25) is 5.95 Å². The number of rotatable bonds is 4. The average molecular weight is 484 g/mol. The number of H-pyrrole nitrogens is 1. The Morgan fingerprint density at radius 1 is 1.03 bits per heavy atom. The Morgan fingerprint density at radius 2 is 1.86 bits per heavy atom. The number of Topliss-reactive ketones (excluding diaryl/α,β-unsaturated/α-hetero) is 1. The monoisotopic (exact) mass is 483 g/mol. The molecule has 9 heteroatoms. The number of ketones is 1. The SMILES string of the molecule is CN1CCN(c2ccc(Nc3ncc4c(-c5ccc6c(c5)OC(C)(C)CC6=O)c[nH]c4n3)cn2)CC1. The molecule has 0 unspecified atom stereocenters. The molecule has 0 aliphatic carbocycles. The van der Waals surface area contributed by atoms with Crippen molar-refractivity contribution in [3.05, 3.63) is 54.5 Å². The first-order chi connectivity index (χ1) is 17.3. The number of fused-ring (bicyclic) bond motifs is 2. The number of piperazine rings is 1. The zero-order valence-electron chi connectivity index (χ0n) is 20.7. The lowest BCUT2D eigenvalue weighted by Gasteiger charge is -2.33. The van der Waals surface area contributed by atoms with E-state index in [1.165, 1.54) is 0 Å². The minimum Gasteiger partial charge on any atom is -0.487 e. The molecule has 36 heavy (non-hydrogen) atoms. The van der Waals surface area contributed by atoms with Crippen LogP contribution in [-0.2, 0) is 0 Å². The summed E-state index contributed by atoms with van der Waals surface area (Å²) < 4.78 is 6.09. The van der Waals surface area contributed by atoms with E-state index in [0.29, 0.717) is 23.7 Å². The maximum atomic E-state index is 12.5. The van der Waals surface area contributed by atoms with Gasteiger partial charge in [0.05, 0.1) is 23.9 Å². The molecule has 0 spiro atoms. The summed E-state index contributed by atoms with van der Waals surface area (Å²) in [5, 5.41) is 4.14. The Morgan fingerprint density at radius 3 is 2.64 bits per heavy atom. The van der Waals surface area contributed by atoms with Crippen molar-refractivity contribution in [2.75, 3.05) is 43.4 Å². The van der Waals surface area contributed by atoms with E-state index >= 15 is 0 Å². The van der Waals surface area contributed by atoms with Crippen LogP contribution < -0.4 is 15.0 Å². The summed E-state index contributed by atoms with van der Waals surface area (Å²) >= 11 is 0. The van der Waals surface area contributed by atoms with Gasteiger partial charge in [-0.25, -0.2) is 9.97 Å². The number of pyridine rings is 1. The highest BCUT2D eigenvalue weighted by Gasteiger charge is 2.32. The van der Waals surface area contributed by atoms with Crippen LogP contribution in [0.5, 0.6) is 5.75 Å². The second-order valence-corrected chi connectivity index (χ2v) is 10.2. The van der Waals surface area contributed by atoms with Gasteiger partial charge < -0.3 is 24.8 Å². The molecule has 2 aliphatic rings. The smallest absolute Gasteiger partial charge is 0.229 e. The lowest BCUT2D eigenvalue weighted by atomic mass is 9.91. The second kappa shape index (κ2) is 8.60. The van der Waals surface area contributed by atoms with E-state index in [1.54, 1.807) is 6.20 Å². The van der Waals surface area contributed by atoms with Gasteiger partial charge in [-0.3, -0.25) is 4.79 Å². The number of ether oxygens (including phenoxy) is 1. The van der Waals surface area contributed by atoms with Gasteiger partial charge in [-0.05, 0) is 50.7 Å². The van der Waals surface area contributed by atoms with Crippen LogP contribution in [0.25, 0.3) is 22.2 Å². The van der Waals surface area contributed by atoms with Crippen molar-refractivity contribution in [3.8, 4) is 16.9 Å². The summed E-state index contributed by atoms with van der Waals surface area (Å²) in [5.41, 5.74) is 3.57. The maximum Gasteiger partial charge on any atom is 0.229 e. The molecule has 0 saturated carbocycles. The van der Waals surface area contributed by atoms with Crippen LogP contribution in [0.4, 0.5) is 17.5 Å². The van der Waals surface area contributed by atoms with E-state index in [9.17, 15) is 4.79 Å². The second-order valence-electron chi connectivity index (χ2n) is 10.2. The molecule has 2 N–H and O–H groups in total. The zero-order chi connectivity index (χ0) is 24.9. The van der Waals surface area contributed by atoms with Crippen LogP contribution in [0.15, 0.2) is 48.9 Å². The van der Waals surface area contributed by atoms with E-state index in [-0.39, 0.29) is 5.78 Å². The van der Waals surface area contributed by atoms with Crippen LogP contribution >= 0.6 is 0 Å². The van der Waals surface area contributed by atoms with E-state index in [4.69, 9.17) is 4.74 Å². The predicted octanol–water partition coefficient (Wildman–Crippen LogP) is 4.26. The molecule has 1 aromatic carbocycles. The van der Waals surface area contributed by atoms with E-state index in [2.05, 4.69) is 42.1 Å². The minimum absolute atomic E-state index is 0.108. The molecule has 0 bridgehead atoms. The van der Waals surface area contributed by atoms with Crippen LogP contribution in [-0.4, -0.2) is 69.4 Å². The molecule has 4 aromatic rings. The minimum atomic E-state index is -0.510. The Labute approximate surface area is 209 Å². The molecular weight excluding hydrogens is 454 g/mol. The molecule has 0 amide bonds. The number of anilines is 3. The van der Waals surface area contributed by atoms with Gasteiger partial charge in [-0.15, -0.1) is 0 Å². The first kappa shape index (κ1) is 22.5. The zero-order valence-corrected chi connectivity index (χ0v) is 20.7. The lowest BCUT2D eigenvalue weighted by molar-refractivity contribution is 0.0620. The fraction of sp³-hybridized carbons (Fsp3) is 0.333. The first-order valence-corrected chi connectivity index (χ1v) is 12.2. The number of nitrogens with zero attached hydrogens (tertiary/aromatic N) is 5. The third kappa shape index (κ3) is 4.26. The fourth-order valence-corrected chi connectivity index (χ4v) is 4.84. The van der Waals surface area contributed by atoms with Crippen molar-refractivity contribution in [1.82, 2.24) is 24.8 Å². The molecule has 9 nitrogen and oxygen atoms in total. The highest BCUT2D eigenvalue weighted by Crippen LogP contribution is 2.37. The van der Waals surface area contributed by atoms with Crippen molar-refractivity contribution >= 4 is 34.3 Å².